The maximum Gasteiger partial charge on any atom is 0.233 e. The van der Waals surface area contributed by atoms with Gasteiger partial charge in [0.1, 0.15) is 0 Å². The highest BCUT2D eigenvalue weighted by Gasteiger charge is 2.27. The first-order valence-corrected chi connectivity index (χ1v) is 10.2. The molecular weight excluding hydrogens is 370 g/mol. The first kappa shape index (κ1) is 20.1. The molecule has 0 fully saturated rings. The Morgan fingerprint density at radius 2 is 1.86 bits per heavy atom. The molecular formula is C21H25N5OS. The monoisotopic (exact) mass is 395 g/mol. The summed E-state index contributed by atoms with van der Waals surface area (Å²) in [6, 6.07) is 18.0. The Morgan fingerprint density at radius 1 is 1.11 bits per heavy atom. The second-order valence-electron chi connectivity index (χ2n) is 7.64. The van der Waals surface area contributed by atoms with Crippen molar-refractivity contribution in [3.8, 4) is 5.69 Å². The number of benzene rings is 2. The lowest BCUT2D eigenvalue weighted by Gasteiger charge is -2.36. The quantitative estimate of drug-likeness (QED) is 0.593. The summed E-state index contributed by atoms with van der Waals surface area (Å²) in [5.74, 6) is 0.330. The van der Waals surface area contributed by atoms with Crippen molar-refractivity contribution >= 4 is 17.7 Å². The molecule has 0 aliphatic carbocycles. The van der Waals surface area contributed by atoms with Gasteiger partial charge < -0.3 is 4.90 Å². The third kappa shape index (κ3) is 4.98. The number of aromatic nitrogens is 4. The molecule has 1 heterocycles. The van der Waals surface area contributed by atoms with Gasteiger partial charge in [0.15, 0.2) is 0 Å². The van der Waals surface area contributed by atoms with Gasteiger partial charge in [-0.05, 0) is 61.4 Å². The number of carbonyl (C=O) groups excluding carboxylic acids is 1. The molecule has 0 unspecified atom stereocenters. The van der Waals surface area contributed by atoms with Crippen LogP contribution in [0.25, 0.3) is 5.69 Å². The zero-order chi connectivity index (χ0) is 20.1. The van der Waals surface area contributed by atoms with Crippen molar-refractivity contribution in [1.82, 2.24) is 25.1 Å². The van der Waals surface area contributed by atoms with Gasteiger partial charge in [0, 0.05) is 12.1 Å². The largest absolute Gasteiger partial charge is 0.333 e. The third-order valence-corrected chi connectivity index (χ3v) is 5.21. The van der Waals surface area contributed by atoms with Crippen LogP contribution in [0.4, 0.5) is 0 Å². The molecule has 146 valence electrons. The fourth-order valence-electron chi connectivity index (χ4n) is 2.86. The van der Waals surface area contributed by atoms with E-state index in [1.807, 2.05) is 66.4 Å². The van der Waals surface area contributed by atoms with Crippen LogP contribution in [0.2, 0.25) is 0 Å². The molecule has 0 radical (unpaired) electrons. The van der Waals surface area contributed by atoms with Crippen molar-refractivity contribution in [3.05, 3.63) is 65.7 Å². The van der Waals surface area contributed by atoms with Crippen LogP contribution >= 0.6 is 11.8 Å². The normalized spacial score (nSPS) is 11.4. The Kier molecular flexibility index (Phi) is 6.14. The topological polar surface area (TPSA) is 63.9 Å². The Balaban J connectivity index is 1.73. The highest BCUT2D eigenvalue weighted by atomic mass is 32.2. The number of carbonyl (C=O) groups is 1. The number of amides is 1. The predicted molar refractivity (Wildman–Crippen MR) is 111 cm³/mol. The van der Waals surface area contributed by atoms with Gasteiger partial charge in [-0.25, -0.2) is 0 Å². The van der Waals surface area contributed by atoms with Gasteiger partial charge >= 0.3 is 0 Å². The van der Waals surface area contributed by atoms with Crippen LogP contribution in [0.1, 0.15) is 31.9 Å². The second kappa shape index (κ2) is 8.56. The van der Waals surface area contributed by atoms with Gasteiger partial charge in [-0.1, -0.05) is 54.2 Å². The SMILES string of the molecule is Cc1cccc(-n2nnnc2SCC(=O)N(Cc2ccccc2)C(C)(C)C)c1. The van der Waals surface area contributed by atoms with Crippen LogP contribution in [0.3, 0.4) is 0 Å². The standard InChI is InChI=1S/C21H25N5OS/c1-16-9-8-12-18(13-16)26-20(22-23-24-26)28-15-19(27)25(21(2,3)4)14-17-10-6-5-7-11-17/h5-13H,14-15H2,1-4H3. The molecule has 0 aliphatic rings. The molecule has 7 heteroatoms. The number of aryl methyl sites for hydroxylation is 1. The molecule has 0 bridgehead atoms. The molecule has 28 heavy (non-hydrogen) atoms. The van der Waals surface area contributed by atoms with E-state index in [2.05, 4.69) is 36.3 Å². The molecule has 0 saturated carbocycles. The van der Waals surface area contributed by atoms with E-state index in [-0.39, 0.29) is 17.2 Å². The highest BCUT2D eigenvalue weighted by Crippen LogP contribution is 2.23. The van der Waals surface area contributed by atoms with Crippen LogP contribution in [0.5, 0.6) is 0 Å². The van der Waals surface area contributed by atoms with Gasteiger partial charge in [0.25, 0.3) is 0 Å². The molecule has 0 spiro atoms. The molecule has 1 amide bonds. The molecule has 3 aromatic rings. The fraction of sp³-hybridized carbons (Fsp3) is 0.333. The number of tetrazole rings is 1. The minimum Gasteiger partial charge on any atom is -0.333 e. The molecule has 1 aromatic heterocycles. The van der Waals surface area contributed by atoms with Gasteiger partial charge in [-0.3, -0.25) is 4.79 Å². The smallest absolute Gasteiger partial charge is 0.233 e. The first-order valence-electron chi connectivity index (χ1n) is 9.17. The van der Waals surface area contributed by atoms with Crippen LogP contribution in [-0.4, -0.2) is 42.3 Å². The van der Waals surface area contributed by atoms with E-state index in [0.29, 0.717) is 11.7 Å². The van der Waals surface area contributed by atoms with E-state index in [1.54, 1.807) is 4.68 Å². The summed E-state index contributed by atoms with van der Waals surface area (Å²) < 4.78 is 1.67. The van der Waals surface area contributed by atoms with Crippen molar-refractivity contribution in [2.24, 2.45) is 0 Å². The molecule has 6 nitrogen and oxygen atoms in total. The van der Waals surface area contributed by atoms with Crippen LogP contribution in [-0.2, 0) is 11.3 Å². The first-order chi connectivity index (χ1) is 13.3. The molecule has 0 atom stereocenters. The average molecular weight is 396 g/mol. The minimum atomic E-state index is -0.282. The van der Waals surface area contributed by atoms with Crippen LogP contribution in [0.15, 0.2) is 59.8 Å². The van der Waals surface area contributed by atoms with Gasteiger partial charge in [0.2, 0.25) is 11.1 Å². The molecule has 0 aliphatic heterocycles. The summed E-state index contributed by atoms with van der Waals surface area (Å²) in [7, 11) is 0. The number of hydrogen-bond donors (Lipinski definition) is 0. The molecule has 0 N–H and O–H groups in total. The summed E-state index contributed by atoms with van der Waals surface area (Å²) in [5.41, 5.74) is 2.84. The maximum atomic E-state index is 13.0. The lowest BCUT2D eigenvalue weighted by atomic mass is 10.0. The van der Waals surface area contributed by atoms with Crippen molar-refractivity contribution < 1.29 is 4.79 Å². The number of rotatable bonds is 6. The summed E-state index contributed by atoms with van der Waals surface area (Å²) in [6.07, 6.45) is 0. The van der Waals surface area contributed by atoms with Gasteiger partial charge in [0.05, 0.1) is 11.4 Å². The van der Waals surface area contributed by atoms with E-state index < -0.39 is 0 Å². The second-order valence-corrected chi connectivity index (χ2v) is 8.58. The predicted octanol–water partition coefficient (Wildman–Crippen LogP) is 3.89. The Labute approximate surface area is 169 Å². The lowest BCUT2D eigenvalue weighted by Crippen LogP contribution is -2.45. The average Bonchev–Trinajstić information content (AvgIpc) is 3.13. The van der Waals surface area contributed by atoms with E-state index in [4.69, 9.17) is 0 Å². The summed E-state index contributed by atoms with van der Waals surface area (Å²) >= 11 is 1.35. The highest BCUT2D eigenvalue weighted by molar-refractivity contribution is 7.99. The van der Waals surface area contributed by atoms with Gasteiger partial charge in [-0.15, -0.1) is 5.10 Å². The lowest BCUT2D eigenvalue weighted by molar-refractivity contribution is -0.133. The number of hydrogen-bond acceptors (Lipinski definition) is 5. The minimum absolute atomic E-state index is 0.0557. The van der Waals surface area contributed by atoms with Crippen molar-refractivity contribution in [2.45, 2.75) is 44.9 Å². The van der Waals surface area contributed by atoms with E-state index in [0.717, 1.165) is 16.8 Å². The number of thioether (sulfide) groups is 1. The Hall–Kier alpha value is -2.67. The fourth-order valence-corrected chi connectivity index (χ4v) is 3.63. The van der Waals surface area contributed by atoms with Crippen molar-refractivity contribution in [3.63, 3.8) is 0 Å². The molecule has 3 rings (SSSR count). The third-order valence-electron chi connectivity index (χ3n) is 4.31. The Morgan fingerprint density at radius 3 is 2.54 bits per heavy atom. The van der Waals surface area contributed by atoms with E-state index in [1.165, 1.54) is 11.8 Å². The van der Waals surface area contributed by atoms with E-state index >= 15 is 0 Å². The van der Waals surface area contributed by atoms with Crippen molar-refractivity contribution in [2.75, 3.05) is 5.75 Å². The number of nitrogens with zero attached hydrogens (tertiary/aromatic N) is 5. The Bertz CT molecular complexity index is 933. The van der Waals surface area contributed by atoms with Crippen molar-refractivity contribution in [1.29, 1.82) is 0 Å². The van der Waals surface area contributed by atoms with Gasteiger partial charge in [-0.2, -0.15) is 4.68 Å². The summed E-state index contributed by atoms with van der Waals surface area (Å²) in [5, 5.41) is 12.6. The maximum absolute atomic E-state index is 13.0. The summed E-state index contributed by atoms with van der Waals surface area (Å²) in [4.78, 5) is 14.9. The zero-order valence-electron chi connectivity index (χ0n) is 16.7. The van der Waals surface area contributed by atoms with Crippen LogP contribution < -0.4 is 0 Å². The summed E-state index contributed by atoms with van der Waals surface area (Å²) in [6.45, 7) is 8.75. The zero-order valence-corrected chi connectivity index (χ0v) is 17.5. The molecule has 0 saturated heterocycles. The molecule has 2 aromatic carbocycles. The van der Waals surface area contributed by atoms with E-state index in [9.17, 15) is 4.79 Å². The van der Waals surface area contributed by atoms with Crippen LogP contribution in [0, 0.1) is 6.92 Å².